The molecule has 3 rings (SSSR count). The number of nitrogens with zero attached hydrogens (tertiary/aromatic N) is 3. The first-order valence-electron chi connectivity index (χ1n) is 10.5. The van der Waals surface area contributed by atoms with E-state index in [9.17, 15) is 28.1 Å². The van der Waals surface area contributed by atoms with Crippen LogP contribution in [0.5, 0.6) is 0 Å². The summed E-state index contributed by atoms with van der Waals surface area (Å²) in [4.78, 5) is 38.8. The van der Waals surface area contributed by atoms with Gasteiger partial charge in [-0.25, -0.2) is 8.42 Å². The standard InChI is InChI=1S/C22H26N4O6S/c1-17(27)24-11-13-25(14-12-24)20-9-8-18(16-21(20)26(29)30)22(28)23-10-5-15-33(31,32)19-6-3-2-4-7-19/h2-4,6-9,16H,5,10-15H2,1H3,(H,23,28). The minimum atomic E-state index is -3.44. The van der Waals surface area contributed by atoms with Gasteiger partial charge >= 0.3 is 0 Å². The predicted octanol–water partition coefficient (Wildman–Crippen LogP) is 1.86. The summed E-state index contributed by atoms with van der Waals surface area (Å²) in [5, 5.41) is 14.3. The summed E-state index contributed by atoms with van der Waals surface area (Å²) >= 11 is 0. The summed E-state index contributed by atoms with van der Waals surface area (Å²) in [5.41, 5.74) is 0.332. The van der Waals surface area contributed by atoms with Crippen LogP contribution in [0.15, 0.2) is 53.4 Å². The maximum atomic E-state index is 12.5. The number of carbonyl (C=O) groups is 2. The van der Waals surface area contributed by atoms with Crippen LogP contribution in [-0.2, 0) is 14.6 Å². The smallest absolute Gasteiger partial charge is 0.293 e. The molecule has 11 heteroatoms. The molecule has 0 atom stereocenters. The van der Waals surface area contributed by atoms with E-state index >= 15 is 0 Å². The van der Waals surface area contributed by atoms with Crippen LogP contribution in [0.3, 0.4) is 0 Å². The minimum Gasteiger partial charge on any atom is -0.362 e. The van der Waals surface area contributed by atoms with E-state index in [0.29, 0.717) is 31.9 Å². The van der Waals surface area contributed by atoms with Gasteiger partial charge in [0.2, 0.25) is 5.91 Å². The van der Waals surface area contributed by atoms with Gasteiger partial charge in [-0.1, -0.05) is 18.2 Å². The maximum Gasteiger partial charge on any atom is 0.293 e. The van der Waals surface area contributed by atoms with Gasteiger partial charge in [0.25, 0.3) is 11.6 Å². The summed E-state index contributed by atoms with van der Waals surface area (Å²) in [6.07, 6.45) is 0.212. The van der Waals surface area contributed by atoms with E-state index in [0.717, 1.165) is 0 Å². The number of carbonyl (C=O) groups excluding carboxylic acids is 2. The summed E-state index contributed by atoms with van der Waals surface area (Å²) in [6, 6.07) is 12.3. The molecule has 1 fully saturated rings. The lowest BCUT2D eigenvalue weighted by Crippen LogP contribution is -2.48. The molecule has 1 saturated heterocycles. The molecule has 0 bridgehead atoms. The van der Waals surface area contributed by atoms with E-state index < -0.39 is 20.7 Å². The summed E-state index contributed by atoms with van der Waals surface area (Å²) in [5.74, 6) is -0.668. The van der Waals surface area contributed by atoms with Crippen molar-refractivity contribution in [3.8, 4) is 0 Å². The van der Waals surface area contributed by atoms with Gasteiger partial charge in [-0.3, -0.25) is 19.7 Å². The Morgan fingerprint density at radius 1 is 1.06 bits per heavy atom. The zero-order valence-electron chi connectivity index (χ0n) is 18.3. The minimum absolute atomic E-state index is 0.0345. The van der Waals surface area contributed by atoms with Gasteiger partial charge in [0.1, 0.15) is 5.69 Å². The first-order chi connectivity index (χ1) is 15.7. The van der Waals surface area contributed by atoms with E-state index in [4.69, 9.17) is 0 Å². The van der Waals surface area contributed by atoms with E-state index in [-0.39, 0.29) is 40.8 Å². The molecule has 0 saturated carbocycles. The molecule has 1 N–H and O–H groups in total. The molecule has 1 aliphatic rings. The number of nitro groups is 1. The third kappa shape index (κ3) is 6.07. The largest absolute Gasteiger partial charge is 0.362 e. The molecule has 10 nitrogen and oxygen atoms in total. The number of hydrogen-bond donors (Lipinski definition) is 1. The maximum absolute atomic E-state index is 12.5. The Hall–Kier alpha value is -3.47. The molecule has 0 unspecified atom stereocenters. The molecule has 33 heavy (non-hydrogen) atoms. The number of anilines is 1. The van der Waals surface area contributed by atoms with Crippen LogP contribution in [-0.4, -0.2) is 68.5 Å². The van der Waals surface area contributed by atoms with E-state index in [2.05, 4.69) is 5.32 Å². The second-order valence-electron chi connectivity index (χ2n) is 7.70. The number of nitrogens with one attached hydrogen (secondary N) is 1. The fraction of sp³-hybridized carbons (Fsp3) is 0.364. The van der Waals surface area contributed by atoms with Crippen molar-refractivity contribution < 1.29 is 22.9 Å². The molecule has 0 radical (unpaired) electrons. The quantitative estimate of drug-likeness (QED) is 0.351. The normalized spacial score (nSPS) is 14.1. The fourth-order valence-electron chi connectivity index (χ4n) is 3.65. The Bertz CT molecular complexity index is 1130. The second-order valence-corrected chi connectivity index (χ2v) is 9.80. The predicted molar refractivity (Wildman–Crippen MR) is 123 cm³/mol. The number of piperazine rings is 1. The van der Waals surface area contributed by atoms with Gasteiger partial charge < -0.3 is 15.1 Å². The van der Waals surface area contributed by atoms with Crippen molar-refractivity contribution in [2.24, 2.45) is 0 Å². The highest BCUT2D eigenvalue weighted by Crippen LogP contribution is 2.30. The second kappa shape index (κ2) is 10.4. The number of sulfone groups is 1. The zero-order valence-corrected chi connectivity index (χ0v) is 19.1. The number of hydrogen-bond acceptors (Lipinski definition) is 7. The van der Waals surface area contributed by atoms with Crippen LogP contribution in [0, 0.1) is 10.1 Å². The average molecular weight is 475 g/mol. The summed E-state index contributed by atoms with van der Waals surface area (Å²) < 4.78 is 24.6. The Kier molecular flexibility index (Phi) is 7.64. The van der Waals surface area contributed by atoms with Crippen molar-refractivity contribution in [2.45, 2.75) is 18.2 Å². The van der Waals surface area contributed by atoms with Crippen LogP contribution >= 0.6 is 0 Å². The molecule has 1 aliphatic heterocycles. The van der Waals surface area contributed by atoms with E-state index in [1.165, 1.54) is 37.3 Å². The van der Waals surface area contributed by atoms with Crippen LogP contribution in [0.2, 0.25) is 0 Å². The third-order valence-electron chi connectivity index (χ3n) is 5.48. The molecule has 2 aromatic carbocycles. The highest BCUT2D eigenvalue weighted by Gasteiger charge is 2.26. The molecule has 0 aliphatic carbocycles. The Morgan fingerprint density at radius 2 is 1.73 bits per heavy atom. The molecule has 1 heterocycles. The SMILES string of the molecule is CC(=O)N1CCN(c2ccc(C(=O)NCCCS(=O)(=O)c3ccccc3)cc2[N+](=O)[O-])CC1. The van der Waals surface area contributed by atoms with Crippen molar-refractivity contribution in [1.82, 2.24) is 10.2 Å². The lowest BCUT2D eigenvalue weighted by atomic mass is 10.1. The van der Waals surface area contributed by atoms with Crippen molar-refractivity contribution in [3.05, 3.63) is 64.2 Å². The Morgan fingerprint density at radius 3 is 2.33 bits per heavy atom. The van der Waals surface area contributed by atoms with Crippen molar-refractivity contribution in [3.63, 3.8) is 0 Å². The molecular formula is C22H26N4O6S. The number of nitro benzene ring substituents is 1. The highest BCUT2D eigenvalue weighted by molar-refractivity contribution is 7.91. The van der Waals surface area contributed by atoms with Gasteiger partial charge in [0.05, 0.1) is 15.6 Å². The molecule has 0 aromatic heterocycles. The van der Waals surface area contributed by atoms with Crippen LogP contribution in [0.1, 0.15) is 23.7 Å². The van der Waals surface area contributed by atoms with Gasteiger partial charge in [-0.15, -0.1) is 0 Å². The number of amides is 2. The molecular weight excluding hydrogens is 448 g/mol. The lowest BCUT2D eigenvalue weighted by molar-refractivity contribution is -0.384. The average Bonchev–Trinajstić information content (AvgIpc) is 2.82. The van der Waals surface area contributed by atoms with Gasteiger partial charge in [-0.05, 0) is 30.7 Å². The number of rotatable bonds is 8. The van der Waals surface area contributed by atoms with E-state index in [1.54, 1.807) is 23.1 Å². The highest BCUT2D eigenvalue weighted by atomic mass is 32.2. The molecule has 0 spiro atoms. The Labute approximate surface area is 192 Å². The van der Waals surface area contributed by atoms with Crippen molar-refractivity contribution >= 4 is 33.0 Å². The van der Waals surface area contributed by atoms with Gasteiger partial charge in [0.15, 0.2) is 9.84 Å². The molecule has 176 valence electrons. The zero-order chi connectivity index (χ0) is 24.0. The summed E-state index contributed by atoms with van der Waals surface area (Å²) in [7, 11) is -3.44. The van der Waals surface area contributed by atoms with Gasteiger partial charge in [0, 0.05) is 51.3 Å². The third-order valence-corrected chi connectivity index (χ3v) is 7.29. The van der Waals surface area contributed by atoms with E-state index in [1.807, 2.05) is 4.90 Å². The Balaban J connectivity index is 1.60. The first kappa shape index (κ1) is 24.2. The number of benzene rings is 2. The topological polar surface area (TPSA) is 130 Å². The van der Waals surface area contributed by atoms with Crippen LogP contribution < -0.4 is 10.2 Å². The molecule has 2 amide bonds. The van der Waals surface area contributed by atoms with Crippen LogP contribution in [0.25, 0.3) is 0 Å². The van der Waals surface area contributed by atoms with Gasteiger partial charge in [-0.2, -0.15) is 0 Å². The van der Waals surface area contributed by atoms with Crippen molar-refractivity contribution in [2.75, 3.05) is 43.4 Å². The lowest BCUT2D eigenvalue weighted by Gasteiger charge is -2.35. The first-order valence-corrected chi connectivity index (χ1v) is 12.2. The van der Waals surface area contributed by atoms with Crippen LogP contribution in [0.4, 0.5) is 11.4 Å². The fourth-order valence-corrected chi connectivity index (χ4v) is 4.98. The summed E-state index contributed by atoms with van der Waals surface area (Å²) in [6.45, 7) is 3.47. The monoisotopic (exact) mass is 474 g/mol. The molecule has 2 aromatic rings. The van der Waals surface area contributed by atoms with Crippen molar-refractivity contribution in [1.29, 1.82) is 0 Å².